The van der Waals surface area contributed by atoms with Gasteiger partial charge in [-0.2, -0.15) is 0 Å². The predicted octanol–water partition coefficient (Wildman–Crippen LogP) is 4.69. The zero-order valence-corrected chi connectivity index (χ0v) is 12.4. The third-order valence-corrected chi connectivity index (χ3v) is 4.17. The molecule has 0 radical (unpaired) electrons. The van der Waals surface area contributed by atoms with E-state index in [4.69, 9.17) is 0 Å². The Hall–Kier alpha value is -1.05. The lowest BCUT2D eigenvalue weighted by Crippen LogP contribution is -2.17. The summed E-state index contributed by atoms with van der Waals surface area (Å²) in [6.45, 7) is 0. The molecule has 0 spiro atoms. The third kappa shape index (κ3) is 4.50. The Balaban J connectivity index is 2.02. The first-order valence-electron chi connectivity index (χ1n) is 5.61. The fourth-order valence-corrected chi connectivity index (χ4v) is 3.18. The number of ether oxygens (including phenoxy) is 1. The summed E-state index contributed by atoms with van der Waals surface area (Å²) in [5, 5.41) is 10.0. The zero-order chi connectivity index (χ0) is 14.8. The standard InChI is InChI=1S/C13H10BrF3O2S/c14-12-6-5-10(20-12)7-11(18)8-1-3-9(4-2-8)19-13(15,16)17/h1-6,11,18H,7H2. The van der Waals surface area contributed by atoms with Crippen molar-refractivity contribution in [2.24, 2.45) is 0 Å². The molecule has 2 nitrogen and oxygen atoms in total. The fourth-order valence-electron chi connectivity index (χ4n) is 1.66. The molecule has 2 aromatic rings. The van der Waals surface area contributed by atoms with E-state index in [1.54, 1.807) is 0 Å². The van der Waals surface area contributed by atoms with Gasteiger partial charge >= 0.3 is 6.36 Å². The highest BCUT2D eigenvalue weighted by atomic mass is 79.9. The van der Waals surface area contributed by atoms with E-state index < -0.39 is 12.5 Å². The molecule has 1 aromatic carbocycles. The molecule has 0 aliphatic carbocycles. The molecule has 0 saturated carbocycles. The Labute approximate surface area is 125 Å². The van der Waals surface area contributed by atoms with E-state index in [0.29, 0.717) is 12.0 Å². The lowest BCUT2D eigenvalue weighted by molar-refractivity contribution is -0.274. The fraction of sp³-hybridized carbons (Fsp3) is 0.231. The zero-order valence-electron chi connectivity index (χ0n) is 10.0. The number of halogens is 4. The van der Waals surface area contributed by atoms with Crippen LogP contribution < -0.4 is 4.74 Å². The van der Waals surface area contributed by atoms with Gasteiger partial charge in [-0.3, -0.25) is 0 Å². The first-order chi connectivity index (χ1) is 9.33. The minimum atomic E-state index is -4.70. The lowest BCUT2D eigenvalue weighted by atomic mass is 10.1. The quantitative estimate of drug-likeness (QED) is 0.850. The van der Waals surface area contributed by atoms with Crippen molar-refractivity contribution in [3.63, 3.8) is 0 Å². The topological polar surface area (TPSA) is 29.5 Å². The van der Waals surface area contributed by atoms with Gasteiger partial charge in [0, 0.05) is 11.3 Å². The van der Waals surface area contributed by atoms with Crippen LogP contribution in [0.1, 0.15) is 16.5 Å². The molecular formula is C13H10BrF3O2S. The molecule has 1 aromatic heterocycles. The first kappa shape index (κ1) is 15.3. The second-order valence-electron chi connectivity index (χ2n) is 4.04. The van der Waals surface area contributed by atoms with Gasteiger partial charge in [-0.15, -0.1) is 24.5 Å². The second-order valence-corrected chi connectivity index (χ2v) is 6.59. The van der Waals surface area contributed by atoms with Gasteiger partial charge in [0.15, 0.2) is 0 Å². The summed E-state index contributed by atoms with van der Waals surface area (Å²) in [5.74, 6) is -0.299. The molecule has 7 heteroatoms. The van der Waals surface area contributed by atoms with Gasteiger partial charge in [-0.25, -0.2) is 0 Å². The van der Waals surface area contributed by atoms with Crippen molar-refractivity contribution in [2.45, 2.75) is 18.9 Å². The van der Waals surface area contributed by atoms with Crippen LogP contribution in [0.25, 0.3) is 0 Å². The Morgan fingerprint density at radius 3 is 2.30 bits per heavy atom. The molecule has 2 rings (SSSR count). The van der Waals surface area contributed by atoms with Crippen LogP contribution in [-0.2, 0) is 6.42 Å². The molecule has 108 valence electrons. The number of rotatable bonds is 4. The van der Waals surface area contributed by atoms with Gasteiger partial charge in [-0.1, -0.05) is 12.1 Å². The first-order valence-corrected chi connectivity index (χ1v) is 7.22. The number of hydrogen-bond acceptors (Lipinski definition) is 3. The van der Waals surface area contributed by atoms with Crippen molar-refractivity contribution in [2.75, 3.05) is 0 Å². The SMILES string of the molecule is OC(Cc1ccc(Br)s1)c1ccc(OC(F)(F)F)cc1. The third-order valence-electron chi connectivity index (χ3n) is 2.52. The number of aliphatic hydroxyl groups is 1. The minimum absolute atomic E-state index is 0.299. The van der Waals surface area contributed by atoms with Gasteiger partial charge in [-0.05, 0) is 45.8 Å². The summed E-state index contributed by atoms with van der Waals surface area (Å²) in [4.78, 5) is 0.986. The van der Waals surface area contributed by atoms with Crippen molar-refractivity contribution >= 4 is 27.3 Å². The molecule has 0 fully saturated rings. The van der Waals surface area contributed by atoms with Crippen molar-refractivity contribution in [3.8, 4) is 5.75 Å². The summed E-state index contributed by atoms with van der Waals surface area (Å²) in [7, 11) is 0. The molecular weight excluding hydrogens is 357 g/mol. The number of hydrogen-bond donors (Lipinski definition) is 1. The van der Waals surface area contributed by atoms with Crippen LogP contribution in [0.5, 0.6) is 5.75 Å². The smallest absolute Gasteiger partial charge is 0.406 e. The molecule has 0 amide bonds. The summed E-state index contributed by atoms with van der Waals surface area (Å²) >= 11 is 4.83. The van der Waals surface area contributed by atoms with Gasteiger partial charge in [0.25, 0.3) is 0 Å². The normalized spacial score (nSPS) is 13.2. The average Bonchev–Trinajstić information content (AvgIpc) is 2.73. The van der Waals surface area contributed by atoms with E-state index in [9.17, 15) is 18.3 Å². The van der Waals surface area contributed by atoms with Gasteiger partial charge < -0.3 is 9.84 Å². The van der Waals surface area contributed by atoms with Crippen LogP contribution >= 0.6 is 27.3 Å². The highest BCUT2D eigenvalue weighted by Crippen LogP contribution is 2.28. The lowest BCUT2D eigenvalue weighted by Gasteiger charge is -2.12. The van der Waals surface area contributed by atoms with Crippen LogP contribution in [0.3, 0.4) is 0 Å². The molecule has 20 heavy (non-hydrogen) atoms. The maximum atomic E-state index is 12.0. The van der Waals surface area contributed by atoms with E-state index >= 15 is 0 Å². The largest absolute Gasteiger partial charge is 0.573 e. The maximum Gasteiger partial charge on any atom is 0.573 e. The summed E-state index contributed by atoms with van der Waals surface area (Å²) < 4.78 is 40.8. The molecule has 0 saturated heterocycles. The van der Waals surface area contributed by atoms with Crippen molar-refractivity contribution in [1.82, 2.24) is 0 Å². The number of aliphatic hydroxyl groups excluding tert-OH is 1. The summed E-state index contributed by atoms with van der Waals surface area (Å²) in [6.07, 6.45) is -5.06. The van der Waals surface area contributed by atoms with Crippen LogP contribution in [0.4, 0.5) is 13.2 Å². The van der Waals surface area contributed by atoms with Crippen LogP contribution in [0.2, 0.25) is 0 Å². The highest BCUT2D eigenvalue weighted by Gasteiger charge is 2.31. The molecule has 0 aliphatic rings. The van der Waals surface area contributed by atoms with Gasteiger partial charge in [0.2, 0.25) is 0 Å². The number of thiophene rings is 1. The van der Waals surface area contributed by atoms with Gasteiger partial charge in [0.05, 0.1) is 9.89 Å². The van der Waals surface area contributed by atoms with Crippen LogP contribution in [0.15, 0.2) is 40.2 Å². The number of benzene rings is 1. The highest BCUT2D eigenvalue weighted by molar-refractivity contribution is 9.11. The Bertz CT molecular complexity index is 566. The van der Waals surface area contributed by atoms with Crippen molar-refractivity contribution in [3.05, 3.63) is 50.6 Å². The predicted molar refractivity (Wildman–Crippen MR) is 73.8 cm³/mol. The van der Waals surface area contributed by atoms with Crippen molar-refractivity contribution < 1.29 is 23.0 Å². The van der Waals surface area contributed by atoms with E-state index in [-0.39, 0.29) is 5.75 Å². The second kappa shape index (κ2) is 6.15. The Morgan fingerprint density at radius 1 is 1.15 bits per heavy atom. The van der Waals surface area contributed by atoms with E-state index in [0.717, 1.165) is 8.66 Å². The summed E-state index contributed by atoms with van der Waals surface area (Å²) in [5.41, 5.74) is 0.545. The molecule has 1 unspecified atom stereocenters. The Morgan fingerprint density at radius 2 is 1.80 bits per heavy atom. The molecule has 0 bridgehead atoms. The van der Waals surface area contributed by atoms with Crippen LogP contribution in [-0.4, -0.2) is 11.5 Å². The van der Waals surface area contributed by atoms with E-state index in [2.05, 4.69) is 20.7 Å². The summed E-state index contributed by atoms with van der Waals surface area (Å²) in [6, 6.07) is 9.00. The molecule has 1 heterocycles. The van der Waals surface area contributed by atoms with E-state index in [1.165, 1.54) is 35.6 Å². The Kier molecular flexibility index (Phi) is 4.72. The van der Waals surface area contributed by atoms with Crippen molar-refractivity contribution in [1.29, 1.82) is 0 Å². The monoisotopic (exact) mass is 366 g/mol. The average molecular weight is 367 g/mol. The maximum absolute atomic E-state index is 12.0. The number of alkyl halides is 3. The molecule has 0 aliphatic heterocycles. The molecule has 1 atom stereocenters. The molecule has 1 N–H and O–H groups in total. The van der Waals surface area contributed by atoms with Gasteiger partial charge in [0.1, 0.15) is 5.75 Å². The van der Waals surface area contributed by atoms with Crippen LogP contribution in [0, 0.1) is 0 Å². The minimum Gasteiger partial charge on any atom is -0.406 e. The van der Waals surface area contributed by atoms with E-state index in [1.807, 2.05) is 12.1 Å².